The van der Waals surface area contributed by atoms with Crippen LogP contribution in [0, 0.1) is 0 Å². The molecule has 2 N–H and O–H groups in total. The third-order valence-corrected chi connectivity index (χ3v) is 3.39. The third-order valence-electron chi connectivity index (χ3n) is 3.07. The summed E-state index contributed by atoms with van der Waals surface area (Å²) in [4.78, 5) is 12.0. The number of halogens is 1. The van der Waals surface area contributed by atoms with E-state index in [4.69, 9.17) is 16.3 Å². The number of nitrogens with zero attached hydrogens (tertiary/aromatic N) is 2. The fraction of sp³-hybridized carbons (Fsp3) is 0.333. The van der Waals surface area contributed by atoms with Crippen LogP contribution < -0.4 is 5.32 Å². The van der Waals surface area contributed by atoms with E-state index in [1.165, 1.54) is 13.3 Å². The summed E-state index contributed by atoms with van der Waals surface area (Å²) in [5.74, 6) is -0.247. The summed E-state index contributed by atoms with van der Waals surface area (Å²) in [6.07, 6.45) is 2.93. The Kier molecular flexibility index (Phi) is 5.94. The second-order valence-corrected chi connectivity index (χ2v) is 5.19. The van der Waals surface area contributed by atoms with Crippen molar-refractivity contribution in [2.24, 2.45) is 0 Å². The summed E-state index contributed by atoms with van der Waals surface area (Å²) in [5.41, 5.74) is 1.14. The van der Waals surface area contributed by atoms with Crippen molar-refractivity contribution in [2.45, 2.75) is 12.5 Å². The molecule has 0 aliphatic rings. The van der Waals surface area contributed by atoms with Gasteiger partial charge in [-0.1, -0.05) is 23.7 Å². The molecule has 1 atom stereocenters. The summed E-state index contributed by atoms with van der Waals surface area (Å²) in [6, 6.07) is 7.25. The minimum Gasteiger partial charge on any atom is -0.391 e. The Bertz CT molecular complexity index is 630. The first-order valence-corrected chi connectivity index (χ1v) is 7.24. The highest BCUT2D eigenvalue weighted by Crippen LogP contribution is 2.19. The van der Waals surface area contributed by atoms with Gasteiger partial charge in [-0.25, -0.2) is 4.68 Å². The van der Waals surface area contributed by atoms with Crippen LogP contribution in [0.15, 0.2) is 36.7 Å². The first kappa shape index (κ1) is 16.5. The van der Waals surface area contributed by atoms with E-state index in [9.17, 15) is 9.90 Å². The Morgan fingerprint density at radius 2 is 2.27 bits per heavy atom. The number of amides is 1. The van der Waals surface area contributed by atoms with Crippen molar-refractivity contribution in [3.05, 3.63) is 47.2 Å². The van der Waals surface area contributed by atoms with Gasteiger partial charge in [-0.2, -0.15) is 5.10 Å². The number of carbonyl (C=O) groups is 1. The number of benzene rings is 1. The molecule has 118 valence electrons. The van der Waals surface area contributed by atoms with E-state index in [0.717, 1.165) is 0 Å². The molecule has 1 heterocycles. The van der Waals surface area contributed by atoms with Crippen LogP contribution in [0.1, 0.15) is 16.8 Å². The molecule has 1 aromatic carbocycles. The lowest BCUT2D eigenvalue weighted by Gasteiger charge is -2.09. The summed E-state index contributed by atoms with van der Waals surface area (Å²) in [6.45, 7) is 0.612. The lowest BCUT2D eigenvalue weighted by Crippen LogP contribution is -2.28. The molecule has 2 rings (SSSR count). The lowest BCUT2D eigenvalue weighted by atomic mass is 10.2. The number of para-hydroxylation sites is 1. The van der Waals surface area contributed by atoms with Gasteiger partial charge in [-0.05, 0) is 18.6 Å². The first-order valence-electron chi connectivity index (χ1n) is 6.86. The molecular weight excluding hydrogens is 306 g/mol. The van der Waals surface area contributed by atoms with Crippen LogP contribution in [0.3, 0.4) is 0 Å². The zero-order valence-electron chi connectivity index (χ0n) is 12.2. The lowest BCUT2D eigenvalue weighted by molar-refractivity contribution is 0.0587. The largest absolute Gasteiger partial charge is 0.391 e. The number of methoxy groups -OCH3 is 1. The number of nitrogens with one attached hydrogen (secondary N) is 1. The molecule has 2 aromatic rings. The van der Waals surface area contributed by atoms with E-state index < -0.39 is 6.10 Å². The van der Waals surface area contributed by atoms with E-state index >= 15 is 0 Å². The highest BCUT2D eigenvalue weighted by atomic mass is 35.5. The van der Waals surface area contributed by atoms with Crippen LogP contribution in [0.5, 0.6) is 0 Å². The molecule has 7 heteroatoms. The maximum Gasteiger partial charge on any atom is 0.254 e. The molecule has 0 saturated carbocycles. The SMILES string of the molecule is COCC(O)CCNC(=O)c1cnn(-c2ccccc2Cl)c1. The standard InChI is InChI=1S/C15H18ClN3O3/c1-22-10-12(20)6-7-17-15(21)11-8-18-19(9-11)14-5-3-2-4-13(14)16/h2-5,8-9,12,20H,6-7,10H2,1H3,(H,17,21). The molecule has 1 amide bonds. The van der Waals surface area contributed by atoms with Gasteiger partial charge in [-0.3, -0.25) is 4.79 Å². The first-order chi connectivity index (χ1) is 10.6. The van der Waals surface area contributed by atoms with Gasteiger partial charge in [0.15, 0.2) is 0 Å². The molecule has 0 bridgehead atoms. The smallest absolute Gasteiger partial charge is 0.254 e. The van der Waals surface area contributed by atoms with Crippen molar-refractivity contribution in [3.8, 4) is 5.69 Å². The fourth-order valence-corrected chi connectivity index (χ4v) is 2.16. The summed E-state index contributed by atoms with van der Waals surface area (Å²) in [7, 11) is 1.52. The molecule has 0 saturated heterocycles. The third kappa shape index (κ3) is 4.30. The molecule has 0 spiro atoms. The Morgan fingerprint density at radius 3 is 3.00 bits per heavy atom. The van der Waals surface area contributed by atoms with Crippen molar-refractivity contribution < 1.29 is 14.6 Å². The molecule has 0 aliphatic carbocycles. The molecule has 0 fully saturated rings. The predicted octanol–water partition coefficient (Wildman–Crippen LogP) is 1.65. The van der Waals surface area contributed by atoms with Crippen LogP contribution >= 0.6 is 11.6 Å². The number of rotatable bonds is 7. The van der Waals surface area contributed by atoms with Crippen molar-refractivity contribution in [1.82, 2.24) is 15.1 Å². The van der Waals surface area contributed by atoms with E-state index in [-0.39, 0.29) is 12.5 Å². The van der Waals surface area contributed by atoms with Gasteiger partial charge >= 0.3 is 0 Å². The van der Waals surface area contributed by atoms with Gasteiger partial charge in [0, 0.05) is 19.9 Å². The van der Waals surface area contributed by atoms with Gasteiger partial charge in [0.05, 0.1) is 35.2 Å². The normalized spacial score (nSPS) is 12.1. The van der Waals surface area contributed by atoms with Gasteiger partial charge in [0.2, 0.25) is 0 Å². The van der Waals surface area contributed by atoms with Crippen molar-refractivity contribution in [3.63, 3.8) is 0 Å². The number of ether oxygens (including phenoxy) is 1. The fourth-order valence-electron chi connectivity index (χ4n) is 1.94. The number of aromatic nitrogens is 2. The van der Waals surface area contributed by atoms with E-state index in [0.29, 0.717) is 29.2 Å². The van der Waals surface area contributed by atoms with Gasteiger partial charge in [0.1, 0.15) is 0 Å². The van der Waals surface area contributed by atoms with Crippen LogP contribution in [0.4, 0.5) is 0 Å². The summed E-state index contributed by atoms with van der Waals surface area (Å²) < 4.78 is 6.37. The van der Waals surface area contributed by atoms with Crippen LogP contribution in [0.25, 0.3) is 5.69 Å². The Hall–Kier alpha value is -1.89. The molecule has 1 unspecified atom stereocenters. The number of hydrogen-bond acceptors (Lipinski definition) is 4. The molecule has 0 aliphatic heterocycles. The monoisotopic (exact) mass is 323 g/mol. The second kappa shape index (κ2) is 7.93. The quantitative estimate of drug-likeness (QED) is 0.812. The number of aliphatic hydroxyl groups excluding tert-OH is 1. The number of carbonyl (C=O) groups excluding carboxylic acids is 1. The Labute approximate surface area is 133 Å². The minimum atomic E-state index is -0.587. The van der Waals surface area contributed by atoms with Gasteiger partial charge < -0.3 is 15.2 Å². The topological polar surface area (TPSA) is 76.4 Å². The number of aliphatic hydroxyl groups is 1. The average Bonchev–Trinajstić information content (AvgIpc) is 2.97. The maximum atomic E-state index is 12.0. The van der Waals surface area contributed by atoms with E-state index in [1.54, 1.807) is 16.9 Å². The minimum absolute atomic E-state index is 0.247. The highest BCUT2D eigenvalue weighted by molar-refractivity contribution is 6.32. The average molecular weight is 324 g/mol. The van der Waals surface area contributed by atoms with E-state index in [1.807, 2.05) is 18.2 Å². The molecular formula is C15H18ClN3O3. The van der Waals surface area contributed by atoms with Crippen LogP contribution in [0.2, 0.25) is 5.02 Å². The maximum absolute atomic E-state index is 12.0. The zero-order chi connectivity index (χ0) is 15.9. The molecule has 1 aromatic heterocycles. The van der Waals surface area contributed by atoms with Crippen LogP contribution in [-0.4, -0.2) is 47.2 Å². The molecule has 6 nitrogen and oxygen atoms in total. The van der Waals surface area contributed by atoms with E-state index in [2.05, 4.69) is 10.4 Å². The zero-order valence-corrected chi connectivity index (χ0v) is 13.0. The van der Waals surface area contributed by atoms with Crippen molar-refractivity contribution in [2.75, 3.05) is 20.3 Å². The predicted molar refractivity (Wildman–Crippen MR) is 83.4 cm³/mol. The van der Waals surface area contributed by atoms with Crippen molar-refractivity contribution in [1.29, 1.82) is 0 Å². The highest BCUT2D eigenvalue weighted by Gasteiger charge is 2.11. The summed E-state index contributed by atoms with van der Waals surface area (Å²) >= 11 is 6.09. The Balaban J connectivity index is 1.94. The second-order valence-electron chi connectivity index (χ2n) is 4.78. The van der Waals surface area contributed by atoms with Gasteiger partial charge in [-0.15, -0.1) is 0 Å². The number of hydrogen-bond donors (Lipinski definition) is 2. The molecule has 22 heavy (non-hydrogen) atoms. The van der Waals surface area contributed by atoms with Gasteiger partial charge in [0.25, 0.3) is 5.91 Å². The summed E-state index contributed by atoms with van der Waals surface area (Å²) in [5, 5.41) is 16.9. The Morgan fingerprint density at radius 1 is 1.50 bits per heavy atom. The van der Waals surface area contributed by atoms with Crippen molar-refractivity contribution >= 4 is 17.5 Å². The van der Waals surface area contributed by atoms with Crippen LogP contribution in [-0.2, 0) is 4.74 Å². The molecule has 0 radical (unpaired) electrons.